The Bertz CT molecular complexity index is 589. The first-order valence-corrected chi connectivity index (χ1v) is 4.92. The highest BCUT2D eigenvalue weighted by atomic mass is 19.1. The maximum atomic E-state index is 13.6. The van der Waals surface area contributed by atoms with E-state index in [9.17, 15) is 9.18 Å². The lowest BCUT2D eigenvalue weighted by Gasteiger charge is -2.09. The van der Waals surface area contributed by atoms with Crippen molar-refractivity contribution in [2.45, 2.75) is 0 Å². The molecule has 0 unspecified atom stereocenters. The molecule has 0 amide bonds. The summed E-state index contributed by atoms with van der Waals surface area (Å²) in [5, 5.41) is 11.6. The van der Waals surface area contributed by atoms with Gasteiger partial charge in [0, 0.05) is 5.69 Å². The maximum absolute atomic E-state index is 13.6. The van der Waals surface area contributed by atoms with Crippen molar-refractivity contribution in [3.05, 3.63) is 42.2 Å². The van der Waals surface area contributed by atoms with Gasteiger partial charge in [-0.1, -0.05) is 0 Å². The normalized spacial score (nSPS) is 10.1. The van der Waals surface area contributed by atoms with Crippen LogP contribution in [0.15, 0.2) is 30.9 Å². The Labute approximate surface area is 101 Å². The van der Waals surface area contributed by atoms with E-state index in [4.69, 9.17) is 10.8 Å². The molecular formula is C11H9FN4O2. The molecule has 2 aromatic rings. The van der Waals surface area contributed by atoms with Gasteiger partial charge in [0.1, 0.15) is 12.1 Å². The minimum Gasteiger partial charge on any atom is -0.478 e. The van der Waals surface area contributed by atoms with Gasteiger partial charge in [-0.2, -0.15) is 0 Å². The first-order valence-electron chi connectivity index (χ1n) is 4.92. The van der Waals surface area contributed by atoms with Gasteiger partial charge in [-0.25, -0.2) is 19.2 Å². The van der Waals surface area contributed by atoms with Crippen molar-refractivity contribution in [2.75, 3.05) is 11.1 Å². The van der Waals surface area contributed by atoms with E-state index in [0.29, 0.717) is 5.69 Å². The topological polar surface area (TPSA) is 101 Å². The zero-order chi connectivity index (χ0) is 13.1. The number of carboxylic acid groups (broad SMARTS) is 1. The lowest BCUT2D eigenvalue weighted by atomic mass is 10.1. The monoisotopic (exact) mass is 248 g/mol. The first-order chi connectivity index (χ1) is 8.58. The number of aromatic carboxylic acids is 1. The van der Waals surface area contributed by atoms with Crippen LogP contribution in [0.4, 0.5) is 21.5 Å². The number of hydrogen-bond acceptors (Lipinski definition) is 5. The van der Waals surface area contributed by atoms with Gasteiger partial charge in [0.2, 0.25) is 0 Å². The molecule has 2 rings (SSSR count). The van der Waals surface area contributed by atoms with Crippen molar-refractivity contribution in [1.29, 1.82) is 0 Å². The maximum Gasteiger partial charge on any atom is 0.337 e. The molecule has 0 fully saturated rings. The summed E-state index contributed by atoms with van der Waals surface area (Å²) in [5.41, 5.74) is 5.55. The Morgan fingerprint density at radius 1 is 1.33 bits per heavy atom. The largest absolute Gasteiger partial charge is 0.478 e. The van der Waals surface area contributed by atoms with Crippen LogP contribution in [-0.4, -0.2) is 21.0 Å². The molecular weight excluding hydrogens is 239 g/mol. The molecule has 92 valence electrons. The number of benzene rings is 1. The summed E-state index contributed by atoms with van der Waals surface area (Å²) in [4.78, 5) is 18.4. The molecule has 18 heavy (non-hydrogen) atoms. The second kappa shape index (κ2) is 4.66. The first kappa shape index (κ1) is 11.8. The standard InChI is InChI=1S/C11H9FN4O2/c12-8-2-9(13)7(11(17)18)1-10(8)16-6-3-14-5-15-4-6/h1-5,16H,13H2,(H,17,18). The van der Waals surface area contributed by atoms with E-state index in [1.165, 1.54) is 18.7 Å². The van der Waals surface area contributed by atoms with Crippen molar-refractivity contribution in [3.8, 4) is 0 Å². The fourth-order valence-electron chi connectivity index (χ4n) is 1.39. The number of nitrogens with zero attached hydrogens (tertiary/aromatic N) is 2. The van der Waals surface area contributed by atoms with Crippen molar-refractivity contribution in [2.24, 2.45) is 0 Å². The van der Waals surface area contributed by atoms with E-state index >= 15 is 0 Å². The van der Waals surface area contributed by atoms with Crippen LogP contribution in [0, 0.1) is 5.82 Å². The molecule has 0 saturated heterocycles. The molecule has 0 aliphatic rings. The summed E-state index contributed by atoms with van der Waals surface area (Å²) < 4.78 is 13.6. The number of anilines is 3. The van der Waals surface area contributed by atoms with Crippen LogP contribution in [0.3, 0.4) is 0 Å². The Kier molecular flexibility index (Phi) is 3.05. The van der Waals surface area contributed by atoms with Gasteiger partial charge >= 0.3 is 5.97 Å². The van der Waals surface area contributed by atoms with Crippen molar-refractivity contribution in [3.63, 3.8) is 0 Å². The van der Waals surface area contributed by atoms with E-state index in [2.05, 4.69) is 15.3 Å². The van der Waals surface area contributed by atoms with Gasteiger partial charge in [-0.15, -0.1) is 0 Å². The molecule has 1 aromatic heterocycles. The van der Waals surface area contributed by atoms with Crippen molar-refractivity contribution in [1.82, 2.24) is 9.97 Å². The predicted molar refractivity (Wildman–Crippen MR) is 63.1 cm³/mol. The lowest BCUT2D eigenvalue weighted by molar-refractivity contribution is 0.0698. The Balaban J connectivity index is 2.39. The quantitative estimate of drug-likeness (QED) is 0.714. The molecule has 4 N–H and O–H groups in total. The van der Waals surface area contributed by atoms with Gasteiger partial charge in [0.25, 0.3) is 0 Å². The highest BCUT2D eigenvalue weighted by Crippen LogP contribution is 2.24. The van der Waals surface area contributed by atoms with Crippen LogP contribution < -0.4 is 11.1 Å². The molecule has 0 spiro atoms. The second-order valence-corrected chi connectivity index (χ2v) is 3.48. The lowest BCUT2D eigenvalue weighted by Crippen LogP contribution is -2.05. The number of nitrogens with two attached hydrogens (primary N) is 1. The van der Waals surface area contributed by atoms with Crippen LogP contribution in [0.2, 0.25) is 0 Å². The van der Waals surface area contributed by atoms with Crippen molar-refractivity contribution < 1.29 is 14.3 Å². The molecule has 0 atom stereocenters. The molecule has 0 aliphatic carbocycles. The number of carboxylic acids is 1. The number of nitrogen functional groups attached to an aromatic ring is 1. The van der Waals surface area contributed by atoms with Crippen LogP contribution in [-0.2, 0) is 0 Å². The number of carbonyl (C=O) groups is 1. The zero-order valence-electron chi connectivity index (χ0n) is 9.09. The SMILES string of the molecule is Nc1cc(F)c(Nc2cncnc2)cc1C(=O)O. The minimum absolute atomic E-state index is 0.00333. The fraction of sp³-hybridized carbons (Fsp3) is 0. The number of aromatic nitrogens is 2. The zero-order valence-corrected chi connectivity index (χ0v) is 9.09. The van der Waals surface area contributed by atoms with Gasteiger partial charge in [0.15, 0.2) is 0 Å². The molecule has 0 saturated carbocycles. The average Bonchev–Trinajstić information content (AvgIpc) is 2.33. The van der Waals surface area contributed by atoms with E-state index in [1.807, 2.05) is 0 Å². The fourth-order valence-corrected chi connectivity index (χ4v) is 1.39. The third kappa shape index (κ3) is 2.34. The average molecular weight is 248 g/mol. The molecule has 6 nitrogen and oxygen atoms in total. The van der Waals surface area contributed by atoms with E-state index in [-0.39, 0.29) is 16.9 Å². The Morgan fingerprint density at radius 2 is 2.00 bits per heavy atom. The van der Waals surface area contributed by atoms with E-state index in [1.54, 1.807) is 0 Å². The number of rotatable bonds is 3. The Hall–Kier alpha value is -2.70. The number of hydrogen-bond donors (Lipinski definition) is 3. The van der Waals surface area contributed by atoms with Crippen LogP contribution in [0.25, 0.3) is 0 Å². The minimum atomic E-state index is -1.22. The smallest absolute Gasteiger partial charge is 0.337 e. The Morgan fingerprint density at radius 3 is 2.61 bits per heavy atom. The van der Waals surface area contributed by atoms with E-state index in [0.717, 1.165) is 12.1 Å². The predicted octanol–water partition coefficient (Wildman–Crippen LogP) is 1.64. The van der Waals surface area contributed by atoms with Gasteiger partial charge < -0.3 is 16.2 Å². The highest BCUT2D eigenvalue weighted by molar-refractivity contribution is 5.95. The van der Waals surface area contributed by atoms with Crippen LogP contribution in [0.1, 0.15) is 10.4 Å². The van der Waals surface area contributed by atoms with Crippen LogP contribution >= 0.6 is 0 Å². The van der Waals surface area contributed by atoms with E-state index < -0.39 is 11.8 Å². The number of nitrogens with one attached hydrogen (secondary N) is 1. The molecule has 0 radical (unpaired) electrons. The third-order valence-electron chi connectivity index (χ3n) is 2.21. The molecule has 0 aliphatic heterocycles. The molecule has 0 bridgehead atoms. The van der Waals surface area contributed by atoms with Gasteiger partial charge in [0.05, 0.1) is 29.3 Å². The molecule has 7 heteroatoms. The summed E-state index contributed by atoms with van der Waals surface area (Å²) in [6.07, 6.45) is 4.19. The molecule has 1 heterocycles. The summed E-state index contributed by atoms with van der Waals surface area (Å²) in [6, 6.07) is 2.08. The summed E-state index contributed by atoms with van der Waals surface area (Å²) in [6.45, 7) is 0. The van der Waals surface area contributed by atoms with Crippen LogP contribution in [0.5, 0.6) is 0 Å². The summed E-state index contributed by atoms with van der Waals surface area (Å²) >= 11 is 0. The summed E-state index contributed by atoms with van der Waals surface area (Å²) in [7, 11) is 0. The highest BCUT2D eigenvalue weighted by Gasteiger charge is 2.13. The van der Waals surface area contributed by atoms with Crippen molar-refractivity contribution >= 4 is 23.0 Å². The summed E-state index contributed by atoms with van der Waals surface area (Å²) in [5.74, 6) is -1.87. The molecule has 1 aromatic carbocycles. The number of halogens is 1. The second-order valence-electron chi connectivity index (χ2n) is 3.48. The van der Waals surface area contributed by atoms with Gasteiger partial charge in [-0.05, 0) is 12.1 Å². The van der Waals surface area contributed by atoms with Gasteiger partial charge in [-0.3, -0.25) is 0 Å². The third-order valence-corrected chi connectivity index (χ3v) is 2.21.